The standard InChI is InChI=1S/C19H22FNO2/c1-3-12-23-18-9-8-15(13-19(18)22-2)14-21-11-10-16-6-4-5-7-17(16)20/h3-9,13,21H,1,10-12,14H2,2H3. The van der Waals surface area contributed by atoms with Gasteiger partial charge < -0.3 is 14.8 Å². The van der Waals surface area contributed by atoms with Gasteiger partial charge >= 0.3 is 0 Å². The van der Waals surface area contributed by atoms with Gasteiger partial charge in [-0.3, -0.25) is 0 Å². The van der Waals surface area contributed by atoms with Gasteiger partial charge in [-0.15, -0.1) is 0 Å². The molecule has 0 aliphatic heterocycles. The minimum atomic E-state index is -0.153. The minimum Gasteiger partial charge on any atom is -0.493 e. The first kappa shape index (κ1) is 17.0. The lowest BCUT2D eigenvalue weighted by Gasteiger charge is -2.11. The molecule has 0 amide bonds. The third-order valence-corrected chi connectivity index (χ3v) is 3.44. The Kier molecular flexibility index (Phi) is 6.63. The van der Waals surface area contributed by atoms with E-state index in [1.165, 1.54) is 6.07 Å². The van der Waals surface area contributed by atoms with Gasteiger partial charge in [0.2, 0.25) is 0 Å². The van der Waals surface area contributed by atoms with Gasteiger partial charge in [-0.1, -0.05) is 36.9 Å². The van der Waals surface area contributed by atoms with Crippen molar-refractivity contribution in [1.29, 1.82) is 0 Å². The van der Waals surface area contributed by atoms with Gasteiger partial charge in [0.05, 0.1) is 7.11 Å². The van der Waals surface area contributed by atoms with Crippen LogP contribution in [-0.4, -0.2) is 20.3 Å². The topological polar surface area (TPSA) is 30.5 Å². The average molecular weight is 315 g/mol. The molecule has 0 aromatic heterocycles. The molecule has 23 heavy (non-hydrogen) atoms. The number of hydrogen-bond donors (Lipinski definition) is 1. The molecule has 0 aliphatic rings. The van der Waals surface area contributed by atoms with Crippen molar-refractivity contribution in [2.75, 3.05) is 20.3 Å². The maximum atomic E-state index is 13.5. The first-order valence-corrected chi connectivity index (χ1v) is 7.59. The summed E-state index contributed by atoms with van der Waals surface area (Å²) in [4.78, 5) is 0. The molecule has 122 valence electrons. The normalized spacial score (nSPS) is 10.3. The van der Waals surface area contributed by atoms with Gasteiger partial charge in [0, 0.05) is 6.54 Å². The van der Waals surface area contributed by atoms with E-state index in [4.69, 9.17) is 9.47 Å². The Labute approximate surface area is 136 Å². The fourth-order valence-electron chi connectivity index (χ4n) is 2.25. The van der Waals surface area contributed by atoms with Crippen LogP contribution in [0.5, 0.6) is 11.5 Å². The SMILES string of the molecule is C=CCOc1ccc(CNCCc2ccccc2F)cc1OC. The van der Waals surface area contributed by atoms with Crippen LogP contribution >= 0.6 is 0 Å². The van der Waals surface area contributed by atoms with E-state index in [-0.39, 0.29) is 5.82 Å². The highest BCUT2D eigenvalue weighted by atomic mass is 19.1. The van der Waals surface area contributed by atoms with Crippen LogP contribution in [0, 0.1) is 5.82 Å². The Morgan fingerprint density at radius 2 is 2.00 bits per heavy atom. The molecule has 3 nitrogen and oxygen atoms in total. The summed E-state index contributed by atoms with van der Waals surface area (Å²) in [7, 11) is 1.62. The maximum absolute atomic E-state index is 13.5. The van der Waals surface area contributed by atoms with E-state index in [0.717, 1.165) is 11.1 Å². The van der Waals surface area contributed by atoms with Gasteiger partial charge in [-0.25, -0.2) is 4.39 Å². The molecule has 4 heteroatoms. The van der Waals surface area contributed by atoms with E-state index in [9.17, 15) is 4.39 Å². The Morgan fingerprint density at radius 1 is 1.17 bits per heavy atom. The van der Waals surface area contributed by atoms with Gasteiger partial charge in [0.1, 0.15) is 12.4 Å². The van der Waals surface area contributed by atoms with Crippen LogP contribution in [-0.2, 0) is 13.0 Å². The van der Waals surface area contributed by atoms with Crippen molar-refractivity contribution in [1.82, 2.24) is 5.32 Å². The lowest BCUT2D eigenvalue weighted by molar-refractivity contribution is 0.326. The molecule has 0 aliphatic carbocycles. The van der Waals surface area contributed by atoms with E-state index >= 15 is 0 Å². The van der Waals surface area contributed by atoms with Gasteiger partial charge in [-0.05, 0) is 42.3 Å². The van der Waals surface area contributed by atoms with E-state index in [1.54, 1.807) is 19.3 Å². The monoisotopic (exact) mass is 315 g/mol. The third-order valence-electron chi connectivity index (χ3n) is 3.44. The van der Waals surface area contributed by atoms with E-state index in [0.29, 0.717) is 37.6 Å². The molecule has 2 aromatic carbocycles. The number of rotatable bonds is 9. The van der Waals surface area contributed by atoms with Crippen LogP contribution in [0.1, 0.15) is 11.1 Å². The molecule has 2 aromatic rings. The number of nitrogens with one attached hydrogen (secondary N) is 1. The summed E-state index contributed by atoms with van der Waals surface area (Å²) in [6.07, 6.45) is 2.35. The molecule has 0 bridgehead atoms. The molecule has 0 radical (unpaired) electrons. The first-order valence-electron chi connectivity index (χ1n) is 7.59. The quantitative estimate of drug-likeness (QED) is 0.565. The van der Waals surface area contributed by atoms with Crippen LogP contribution in [0.15, 0.2) is 55.1 Å². The second-order valence-electron chi connectivity index (χ2n) is 5.10. The van der Waals surface area contributed by atoms with E-state index < -0.39 is 0 Å². The zero-order valence-corrected chi connectivity index (χ0v) is 13.3. The molecule has 0 spiro atoms. The number of benzene rings is 2. The Bertz CT molecular complexity index is 643. The number of ether oxygens (including phenoxy) is 2. The van der Waals surface area contributed by atoms with Gasteiger partial charge in [-0.2, -0.15) is 0 Å². The van der Waals surface area contributed by atoms with Crippen LogP contribution in [0.2, 0.25) is 0 Å². The second kappa shape index (κ2) is 8.96. The van der Waals surface area contributed by atoms with Gasteiger partial charge in [0.25, 0.3) is 0 Å². The zero-order chi connectivity index (χ0) is 16.5. The molecule has 0 atom stereocenters. The van der Waals surface area contributed by atoms with Crippen molar-refractivity contribution >= 4 is 0 Å². The van der Waals surface area contributed by atoms with Crippen molar-refractivity contribution in [3.63, 3.8) is 0 Å². The van der Waals surface area contributed by atoms with E-state index in [2.05, 4.69) is 11.9 Å². The highest BCUT2D eigenvalue weighted by molar-refractivity contribution is 5.43. The summed E-state index contributed by atoms with van der Waals surface area (Å²) < 4.78 is 24.4. The molecule has 0 saturated carbocycles. The molecule has 0 unspecified atom stereocenters. The second-order valence-corrected chi connectivity index (χ2v) is 5.10. The molecule has 0 heterocycles. The summed E-state index contributed by atoms with van der Waals surface area (Å²) in [6, 6.07) is 12.7. The first-order chi connectivity index (χ1) is 11.2. The number of hydrogen-bond acceptors (Lipinski definition) is 3. The lowest BCUT2D eigenvalue weighted by atomic mass is 10.1. The average Bonchev–Trinajstić information content (AvgIpc) is 2.58. The van der Waals surface area contributed by atoms with Crippen LogP contribution in [0.3, 0.4) is 0 Å². The summed E-state index contributed by atoms with van der Waals surface area (Å²) >= 11 is 0. The Balaban J connectivity index is 1.86. The van der Waals surface area contributed by atoms with Crippen molar-refractivity contribution in [2.24, 2.45) is 0 Å². The Morgan fingerprint density at radius 3 is 2.74 bits per heavy atom. The molecule has 0 saturated heterocycles. The van der Waals surface area contributed by atoms with Crippen molar-refractivity contribution in [3.05, 3.63) is 72.1 Å². The van der Waals surface area contributed by atoms with Crippen molar-refractivity contribution in [2.45, 2.75) is 13.0 Å². The lowest BCUT2D eigenvalue weighted by Crippen LogP contribution is -2.17. The fourth-order valence-corrected chi connectivity index (χ4v) is 2.25. The number of methoxy groups -OCH3 is 1. The highest BCUT2D eigenvalue weighted by Crippen LogP contribution is 2.28. The smallest absolute Gasteiger partial charge is 0.161 e. The van der Waals surface area contributed by atoms with Crippen LogP contribution in [0.25, 0.3) is 0 Å². The minimum absolute atomic E-state index is 0.153. The molecular weight excluding hydrogens is 293 g/mol. The molecule has 2 rings (SSSR count). The third kappa shape index (κ3) is 5.11. The summed E-state index contributed by atoms with van der Waals surface area (Å²) in [6.45, 7) is 5.46. The van der Waals surface area contributed by atoms with Gasteiger partial charge in [0.15, 0.2) is 11.5 Å². The molecular formula is C19H22FNO2. The summed E-state index contributed by atoms with van der Waals surface area (Å²) in [5, 5.41) is 3.31. The van der Waals surface area contributed by atoms with E-state index in [1.807, 2.05) is 30.3 Å². The largest absolute Gasteiger partial charge is 0.493 e. The summed E-state index contributed by atoms with van der Waals surface area (Å²) in [5.74, 6) is 1.24. The number of halogens is 1. The molecule has 1 N–H and O–H groups in total. The van der Waals surface area contributed by atoms with Crippen LogP contribution in [0.4, 0.5) is 4.39 Å². The highest BCUT2D eigenvalue weighted by Gasteiger charge is 2.05. The summed E-state index contributed by atoms with van der Waals surface area (Å²) in [5.41, 5.74) is 1.81. The van der Waals surface area contributed by atoms with Crippen molar-refractivity contribution < 1.29 is 13.9 Å². The predicted octanol–water partition coefficient (Wildman–Crippen LogP) is 3.73. The maximum Gasteiger partial charge on any atom is 0.161 e. The van der Waals surface area contributed by atoms with Crippen LogP contribution < -0.4 is 14.8 Å². The molecule has 0 fully saturated rings. The fraction of sp³-hybridized carbons (Fsp3) is 0.263. The van der Waals surface area contributed by atoms with Crippen molar-refractivity contribution in [3.8, 4) is 11.5 Å². The Hall–Kier alpha value is -2.33. The predicted molar refractivity (Wildman–Crippen MR) is 90.5 cm³/mol. The zero-order valence-electron chi connectivity index (χ0n) is 13.3.